The van der Waals surface area contributed by atoms with Crippen LogP contribution in [0.15, 0.2) is 30.3 Å². The third kappa shape index (κ3) is 2.89. The molecule has 4 nitrogen and oxygen atoms in total. The number of nitrogens with zero attached hydrogens (tertiary/aromatic N) is 3. The van der Waals surface area contributed by atoms with E-state index in [1.807, 2.05) is 17.9 Å². The van der Waals surface area contributed by atoms with Crippen molar-refractivity contribution in [1.82, 2.24) is 14.7 Å². The molecule has 22 heavy (non-hydrogen) atoms. The Bertz CT molecular complexity index is 678. The molecule has 116 valence electrons. The lowest BCUT2D eigenvalue weighted by molar-refractivity contribution is 0.0725. The van der Waals surface area contributed by atoms with Gasteiger partial charge in [0.1, 0.15) is 11.5 Å². The maximum absolute atomic E-state index is 13.0. The summed E-state index contributed by atoms with van der Waals surface area (Å²) >= 11 is 0. The molecule has 1 saturated heterocycles. The molecule has 0 N–H and O–H groups in total. The van der Waals surface area contributed by atoms with Gasteiger partial charge in [0.05, 0.1) is 5.69 Å². The first-order chi connectivity index (χ1) is 10.5. The molecule has 3 rings (SSSR count). The Morgan fingerprint density at radius 3 is 2.73 bits per heavy atom. The molecule has 0 radical (unpaired) electrons. The van der Waals surface area contributed by atoms with Crippen LogP contribution in [0, 0.1) is 12.7 Å². The number of aromatic nitrogens is 2. The van der Waals surface area contributed by atoms with E-state index in [1.165, 1.54) is 12.1 Å². The first-order valence-corrected chi connectivity index (χ1v) is 7.60. The smallest absolute Gasteiger partial charge is 0.272 e. The van der Waals surface area contributed by atoms with Crippen LogP contribution in [0.5, 0.6) is 0 Å². The molecule has 1 unspecified atom stereocenters. The Kier molecular flexibility index (Phi) is 3.96. The number of benzene rings is 1. The SMILES string of the molecule is Cc1cc(C(=O)N2CCCC2Cc2ccc(F)cc2)n(C)n1. The summed E-state index contributed by atoms with van der Waals surface area (Å²) in [6, 6.07) is 8.54. The summed E-state index contributed by atoms with van der Waals surface area (Å²) in [6.07, 6.45) is 2.76. The Labute approximate surface area is 129 Å². The van der Waals surface area contributed by atoms with Gasteiger partial charge < -0.3 is 4.90 Å². The van der Waals surface area contributed by atoms with Gasteiger partial charge in [0, 0.05) is 19.6 Å². The summed E-state index contributed by atoms with van der Waals surface area (Å²) in [5.74, 6) is -0.193. The van der Waals surface area contributed by atoms with Crippen molar-refractivity contribution in [2.75, 3.05) is 6.54 Å². The van der Waals surface area contributed by atoms with Crippen molar-refractivity contribution in [2.45, 2.75) is 32.2 Å². The number of rotatable bonds is 3. The molecule has 1 aliphatic heterocycles. The number of likely N-dealkylation sites (tertiary alicyclic amines) is 1. The highest BCUT2D eigenvalue weighted by Crippen LogP contribution is 2.23. The zero-order valence-corrected chi connectivity index (χ0v) is 12.9. The number of halogens is 1. The van der Waals surface area contributed by atoms with Crippen molar-refractivity contribution >= 4 is 5.91 Å². The van der Waals surface area contributed by atoms with Gasteiger partial charge in [0.2, 0.25) is 0 Å². The minimum Gasteiger partial charge on any atom is -0.334 e. The predicted molar refractivity (Wildman–Crippen MR) is 82.1 cm³/mol. The summed E-state index contributed by atoms with van der Waals surface area (Å²) in [6.45, 7) is 2.66. The number of hydrogen-bond acceptors (Lipinski definition) is 2. The molecule has 1 amide bonds. The van der Waals surface area contributed by atoms with Gasteiger partial charge >= 0.3 is 0 Å². The van der Waals surface area contributed by atoms with E-state index in [2.05, 4.69) is 5.10 Å². The van der Waals surface area contributed by atoms with Crippen LogP contribution in [-0.2, 0) is 13.5 Å². The third-order valence-corrected chi connectivity index (χ3v) is 4.24. The maximum Gasteiger partial charge on any atom is 0.272 e. The first-order valence-electron chi connectivity index (χ1n) is 7.60. The Hall–Kier alpha value is -2.17. The van der Waals surface area contributed by atoms with Gasteiger partial charge in [0.25, 0.3) is 5.91 Å². The molecule has 5 heteroatoms. The van der Waals surface area contributed by atoms with E-state index >= 15 is 0 Å². The zero-order chi connectivity index (χ0) is 15.7. The fraction of sp³-hybridized carbons (Fsp3) is 0.412. The van der Waals surface area contributed by atoms with Gasteiger partial charge in [-0.1, -0.05) is 12.1 Å². The van der Waals surface area contributed by atoms with Gasteiger partial charge in [-0.15, -0.1) is 0 Å². The highest BCUT2D eigenvalue weighted by atomic mass is 19.1. The summed E-state index contributed by atoms with van der Waals surface area (Å²) < 4.78 is 14.6. The van der Waals surface area contributed by atoms with Gasteiger partial charge in [-0.2, -0.15) is 5.10 Å². The summed E-state index contributed by atoms with van der Waals surface area (Å²) in [7, 11) is 1.80. The van der Waals surface area contributed by atoms with Crippen molar-refractivity contribution < 1.29 is 9.18 Å². The second kappa shape index (κ2) is 5.91. The normalized spacial score (nSPS) is 18.0. The van der Waals surface area contributed by atoms with Crippen molar-refractivity contribution in [3.63, 3.8) is 0 Å². The van der Waals surface area contributed by atoms with Crippen molar-refractivity contribution in [2.24, 2.45) is 7.05 Å². The van der Waals surface area contributed by atoms with E-state index in [0.29, 0.717) is 5.69 Å². The molecule has 0 aliphatic carbocycles. The highest BCUT2D eigenvalue weighted by molar-refractivity contribution is 5.93. The van der Waals surface area contributed by atoms with Crippen LogP contribution in [0.2, 0.25) is 0 Å². The molecule has 1 fully saturated rings. The van der Waals surface area contributed by atoms with Crippen LogP contribution >= 0.6 is 0 Å². The number of hydrogen-bond donors (Lipinski definition) is 0. The summed E-state index contributed by atoms with van der Waals surface area (Å²) in [5, 5.41) is 4.25. The second-order valence-electron chi connectivity index (χ2n) is 5.92. The van der Waals surface area contributed by atoms with Gasteiger partial charge in [-0.05, 0) is 49.9 Å². The van der Waals surface area contributed by atoms with E-state index in [1.54, 1.807) is 23.9 Å². The molecule has 1 aromatic heterocycles. The summed E-state index contributed by atoms with van der Waals surface area (Å²) in [5.41, 5.74) is 2.54. The Morgan fingerprint density at radius 2 is 2.09 bits per heavy atom. The van der Waals surface area contributed by atoms with E-state index in [9.17, 15) is 9.18 Å². The van der Waals surface area contributed by atoms with E-state index < -0.39 is 0 Å². The molecule has 2 aromatic rings. The largest absolute Gasteiger partial charge is 0.334 e. The van der Waals surface area contributed by atoms with Crippen LogP contribution in [0.1, 0.15) is 34.6 Å². The molecular formula is C17H20FN3O. The molecule has 0 spiro atoms. The lowest BCUT2D eigenvalue weighted by Crippen LogP contribution is -2.37. The molecule has 1 aromatic carbocycles. The molecule has 0 saturated carbocycles. The zero-order valence-electron chi connectivity index (χ0n) is 12.9. The van der Waals surface area contributed by atoms with Crippen LogP contribution in [0.4, 0.5) is 4.39 Å². The van der Waals surface area contributed by atoms with Crippen molar-refractivity contribution in [3.05, 3.63) is 53.1 Å². The van der Waals surface area contributed by atoms with Gasteiger partial charge in [-0.25, -0.2) is 4.39 Å². The molecular weight excluding hydrogens is 281 g/mol. The number of carbonyl (C=O) groups excluding carboxylic acids is 1. The lowest BCUT2D eigenvalue weighted by atomic mass is 10.0. The van der Waals surface area contributed by atoms with Crippen LogP contribution in [0.3, 0.4) is 0 Å². The third-order valence-electron chi connectivity index (χ3n) is 4.24. The van der Waals surface area contributed by atoms with Crippen LogP contribution in [0.25, 0.3) is 0 Å². The first kappa shape index (κ1) is 14.8. The quantitative estimate of drug-likeness (QED) is 0.874. The fourth-order valence-corrected chi connectivity index (χ4v) is 3.17. The topological polar surface area (TPSA) is 38.1 Å². The van der Waals surface area contributed by atoms with E-state index in [0.717, 1.165) is 37.1 Å². The van der Waals surface area contributed by atoms with E-state index in [4.69, 9.17) is 0 Å². The fourth-order valence-electron chi connectivity index (χ4n) is 3.17. The molecule has 2 heterocycles. The number of aryl methyl sites for hydroxylation is 2. The highest BCUT2D eigenvalue weighted by Gasteiger charge is 2.30. The van der Waals surface area contributed by atoms with Crippen LogP contribution < -0.4 is 0 Å². The van der Waals surface area contributed by atoms with Gasteiger partial charge in [-0.3, -0.25) is 9.48 Å². The van der Waals surface area contributed by atoms with Gasteiger partial charge in [0.15, 0.2) is 0 Å². The van der Waals surface area contributed by atoms with Crippen molar-refractivity contribution in [1.29, 1.82) is 0 Å². The number of carbonyl (C=O) groups is 1. The van der Waals surface area contributed by atoms with Crippen molar-refractivity contribution in [3.8, 4) is 0 Å². The average molecular weight is 301 g/mol. The monoisotopic (exact) mass is 301 g/mol. The maximum atomic E-state index is 13.0. The van der Waals surface area contributed by atoms with Crippen LogP contribution in [-0.4, -0.2) is 33.2 Å². The Balaban J connectivity index is 1.76. The summed E-state index contributed by atoms with van der Waals surface area (Å²) in [4.78, 5) is 14.7. The second-order valence-corrected chi connectivity index (χ2v) is 5.92. The molecule has 0 bridgehead atoms. The average Bonchev–Trinajstić information content (AvgIpc) is 3.07. The van der Waals surface area contributed by atoms with E-state index in [-0.39, 0.29) is 17.8 Å². The lowest BCUT2D eigenvalue weighted by Gasteiger charge is -2.24. The standard InChI is InChI=1S/C17H20FN3O/c1-12-10-16(20(2)19-12)17(22)21-9-3-4-15(21)11-13-5-7-14(18)8-6-13/h5-8,10,15H,3-4,9,11H2,1-2H3. The molecule has 1 aliphatic rings. The predicted octanol–water partition coefficient (Wildman–Crippen LogP) is 2.71. The molecule has 1 atom stereocenters. The number of amides is 1. The minimum absolute atomic E-state index is 0.0349. The Morgan fingerprint density at radius 1 is 1.36 bits per heavy atom. The minimum atomic E-state index is -0.228.